The first-order chi connectivity index (χ1) is 16.0. The molecule has 5 rings (SSSR count). The van der Waals surface area contributed by atoms with Crippen LogP contribution in [0, 0.1) is 0 Å². The molecule has 5 aromatic rings. The van der Waals surface area contributed by atoms with Crippen molar-refractivity contribution in [1.29, 1.82) is 0 Å². The summed E-state index contributed by atoms with van der Waals surface area (Å²) < 4.78 is 12.9. The van der Waals surface area contributed by atoms with E-state index in [1.54, 1.807) is 52.5 Å². The number of fused-ring (bicyclic) bond motifs is 1. The Kier molecular flexibility index (Phi) is 5.65. The van der Waals surface area contributed by atoms with Crippen LogP contribution in [0.3, 0.4) is 0 Å². The number of esters is 1. The number of hydrogen-bond donors (Lipinski definition) is 0. The van der Waals surface area contributed by atoms with Gasteiger partial charge in [0.15, 0.2) is 12.3 Å². The van der Waals surface area contributed by atoms with Gasteiger partial charge in [-0.3, -0.25) is 0 Å². The number of ether oxygens (including phenoxy) is 1. The van der Waals surface area contributed by atoms with Crippen molar-refractivity contribution in [3.8, 4) is 22.0 Å². The van der Waals surface area contributed by atoms with Crippen molar-refractivity contribution in [2.24, 2.45) is 0 Å². The molecule has 0 saturated carbocycles. The highest BCUT2D eigenvalue weighted by atomic mass is 35.5. The summed E-state index contributed by atoms with van der Waals surface area (Å²) in [7, 11) is 0. The Morgan fingerprint density at radius 3 is 2.76 bits per heavy atom. The van der Waals surface area contributed by atoms with Crippen molar-refractivity contribution in [3.05, 3.63) is 70.5 Å². The van der Waals surface area contributed by atoms with Crippen LogP contribution in [0.15, 0.2) is 58.5 Å². The first-order valence-electron chi connectivity index (χ1n) is 10.2. The minimum absolute atomic E-state index is 0.0853. The fraction of sp³-hybridized carbons (Fsp3) is 0.174. The SMILES string of the molecule is CC(C)n1ncc2c(C(=O)OCc3nnc(-c4ccc(Cl)cc4)o3)cc(-c3cccs3)nc21. The van der Waals surface area contributed by atoms with Crippen molar-refractivity contribution in [2.45, 2.75) is 26.5 Å². The predicted octanol–water partition coefficient (Wildman–Crippen LogP) is 5.80. The van der Waals surface area contributed by atoms with Crippen molar-refractivity contribution in [2.75, 3.05) is 0 Å². The Morgan fingerprint density at radius 1 is 1.21 bits per heavy atom. The number of benzene rings is 1. The molecule has 0 aliphatic rings. The smallest absolute Gasteiger partial charge is 0.339 e. The maximum Gasteiger partial charge on any atom is 0.339 e. The van der Waals surface area contributed by atoms with Crippen molar-refractivity contribution in [1.82, 2.24) is 25.0 Å². The first kappa shape index (κ1) is 21.3. The lowest BCUT2D eigenvalue weighted by molar-refractivity contribution is 0.0441. The van der Waals surface area contributed by atoms with E-state index in [-0.39, 0.29) is 18.5 Å². The minimum Gasteiger partial charge on any atom is -0.452 e. The van der Waals surface area contributed by atoms with Crippen LogP contribution in [0.5, 0.6) is 0 Å². The van der Waals surface area contributed by atoms with Gasteiger partial charge in [0.25, 0.3) is 5.89 Å². The van der Waals surface area contributed by atoms with E-state index < -0.39 is 5.97 Å². The third kappa shape index (κ3) is 4.24. The van der Waals surface area contributed by atoms with Gasteiger partial charge in [-0.25, -0.2) is 14.5 Å². The molecule has 1 aromatic carbocycles. The van der Waals surface area contributed by atoms with Crippen LogP contribution in [0.25, 0.3) is 33.1 Å². The molecule has 0 fully saturated rings. The molecule has 0 spiro atoms. The van der Waals surface area contributed by atoms with E-state index in [1.165, 1.54) is 0 Å². The summed E-state index contributed by atoms with van der Waals surface area (Å²) in [6, 6.07) is 12.7. The Hall–Kier alpha value is -3.56. The Balaban J connectivity index is 1.42. The molecule has 166 valence electrons. The molecule has 0 aliphatic carbocycles. The molecule has 0 atom stereocenters. The van der Waals surface area contributed by atoms with Crippen LogP contribution in [0.1, 0.15) is 36.1 Å². The highest BCUT2D eigenvalue weighted by Crippen LogP contribution is 2.29. The largest absolute Gasteiger partial charge is 0.452 e. The summed E-state index contributed by atoms with van der Waals surface area (Å²) in [5.41, 5.74) is 2.43. The standard InChI is InChI=1S/C23H18ClN5O3S/c1-13(2)29-21-17(11-25-29)16(10-18(26-21)19-4-3-9-33-19)23(30)31-12-20-27-28-22(32-20)14-5-7-15(24)8-6-14/h3-11,13H,12H2,1-2H3. The second-order valence-electron chi connectivity index (χ2n) is 7.54. The van der Waals surface area contributed by atoms with Gasteiger partial charge < -0.3 is 9.15 Å². The Morgan fingerprint density at radius 2 is 2.03 bits per heavy atom. The van der Waals surface area contributed by atoms with Gasteiger partial charge in [0, 0.05) is 16.6 Å². The number of halogens is 1. The maximum atomic E-state index is 13.1. The van der Waals surface area contributed by atoms with Gasteiger partial charge in [-0.2, -0.15) is 5.10 Å². The molecule has 0 amide bonds. The molecule has 0 aliphatic heterocycles. The molecular formula is C23H18ClN5O3S. The molecule has 0 unspecified atom stereocenters. The predicted molar refractivity (Wildman–Crippen MR) is 125 cm³/mol. The second-order valence-corrected chi connectivity index (χ2v) is 8.92. The summed E-state index contributed by atoms with van der Waals surface area (Å²) in [6.07, 6.45) is 1.64. The van der Waals surface area contributed by atoms with Gasteiger partial charge in [-0.15, -0.1) is 21.5 Å². The Labute approximate surface area is 197 Å². The normalized spacial score (nSPS) is 11.4. The van der Waals surface area contributed by atoms with Crippen LogP contribution in [-0.2, 0) is 11.3 Å². The minimum atomic E-state index is -0.519. The van der Waals surface area contributed by atoms with E-state index in [0.29, 0.717) is 33.2 Å². The van der Waals surface area contributed by atoms with E-state index in [9.17, 15) is 4.79 Å². The van der Waals surface area contributed by atoms with E-state index in [0.717, 1.165) is 10.4 Å². The summed E-state index contributed by atoms with van der Waals surface area (Å²) in [6.45, 7) is 3.87. The van der Waals surface area contributed by atoms with Gasteiger partial charge >= 0.3 is 5.97 Å². The molecule has 0 radical (unpaired) electrons. The zero-order chi connectivity index (χ0) is 22.9. The van der Waals surface area contributed by atoms with Gasteiger partial charge in [0.2, 0.25) is 5.89 Å². The average Bonchev–Trinajstić information content (AvgIpc) is 3.58. The quantitative estimate of drug-likeness (QED) is 0.284. The van der Waals surface area contributed by atoms with E-state index in [1.807, 2.05) is 31.4 Å². The van der Waals surface area contributed by atoms with E-state index >= 15 is 0 Å². The summed E-state index contributed by atoms with van der Waals surface area (Å²) in [5.74, 6) is -0.00748. The van der Waals surface area contributed by atoms with Crippen LogP contribution < -0.4 is 0 Å². The molecule has 0 bridgehead atoms. The van der Waals surface area contributed by atoms with Crippen LogP contribution >= 0.6 is 22.9 Å². The van der Waals surface area contributed by atoms with Crippen molar-refractivity contribution in [3.63, 3.8) is 0 Å². The van der Waals surface area contributed by atoms with Gasteiger partial charge in [-0.1, -0.05) is 17.7 Å². The second kappa shape index (κ2) is 8.76. The average molecular weight is 480 g/mol. The highest BCUT2D eigenvalue weighted by Gasteiger charge is 2.21. The zero-order valence-corrected chi connectivity index (χ0v) is 19.3. The zero-order valence-electron chi connectivity index (χ0n) is 17.7. The molecule has 0 saturated heterocycles. The summed E-state index contributed by atoms with van der Waals surface area (Å²) in [5, 5.41) is 15.6. The third-order valence-corrected chi connectivity index (χ3v) is 6.08. The van der Waals surface area contributed by atoms with Crippen LogP contribution in [-0.4, -0.2) is 30.9 Å². The first-order valence-corrected chi connectivity index (χ1v) is 11.4. The van der Waals surface area contributed by atoms with Crippen LogP contribution in [0.2, 0.25) is 5.02 Å². The number of thiophene rings is 1. The van der Waals surface area contributed by atoms with Crippen LogP contribution in [0.4, 0.5) is 0 Å². The van der Waals surface area contributed by atoms with Crippen molar-refractivity contribution < 1.29 is 13.9 Å². The van der Waals surface area contributed by atoms with Gasteiger partial charge in [0.05, 0.1) is 27.7 Å². The molecule has 33 heavy (non-hydrogen) atoms. The topological polar surface area (TPSA) is 95.9 Å². The van der Waals surface area contributed by atoms with E-state index in [4.69, 9.17) is 25.7 Å². The molecule has 10 heteroatoms. The lowest BCUT2D eigenvalue weighted by atomic mass is 10.1. The number of aromatic nitrogens is 5. The summed E-state index contributed by atoms with van der Waals surface area (Å²) in [4.78, 5) is 18.8. The highest BCUT2D eigenvalue weighted by molar-refractivity contribution is 7.13. The molecule has 8 nitrogen and oxygen atoms in total. The lowest BCUT2D eigenvalue weighted by Gasteiger charge is -2.09. The Bertz CT molecular complexity index is 1420. The lowest BCUT2D eigenvalue weighted by Crippen LogP contribution is -2.08. The fourth-order valence-electron chi connectivity index (χ4n) is 3.34. The number of hydrogen-bond acceptors (Lipinski definition) is 8. The monoisotopic (exact) mass is 479 g/mol. The number of pyridine rings is 1. The van der Waals surface area contributed by atoms with Gasteiger partial charge in [0.1, 0.15) is 0 Å². The third-order valence-electron chi connectivity index (χ3n) is 4.93. The van der Waals surface area contributed by atoms with E-state index in [2.05, 4.69) is 15.3 Å². The maximum absolute atomic E-state index is 13.1. The molecule has 4 aromatic heterocycles. The number of rotatable bonds is 6. The van der Waals surface area contributed by atoms with Crippen molar-refractivity contribution >= 4 is 39.9 Å². The fourth-order valence-corrected chi connectivity index (χ4v) is 4.15. The summed E-state index contributed by atoms with van der Waals surface area (Å²) >= 11 is 7.46. The number of carbonyl (C=O) groups is 1. The van der Waals surface area contributed by atoms with Gasteiger partial charge in [-0.05, 0) is 55.6 Å². The number of carbonyl (C=O) groups excluding carboxylic acids is 1. The number of nitrogens with zero attached hydrogens (tertiary/aromatic N) is 5. The molecular weight excluding hydrogens is 462 g/mol. The molecule has 4 heterocycles. The molecule has 0 N–H and O–H groups in total.